The quantitative estimate of drug-likeness (QED) is 0.123. The van der Waals surface area contributed by atoms with E-state index in [-0.39, 0.29) is 0 Å². The number of nitrogens with zero attached hydrogens (tertiary/aromatic N) is 6. The molecule has 0 unspecified atom stereocenters. The van der Waals surface area contributed by atoms with E-state index in [1.165, 1.54) is 56.9 Å². The first-order chi connectivity index (χ1) is 19.9. The molecule has 0 amide bonds. The predicted molar refractivity (Wildman–Crippen MR) is 172 cm³/mol. The molecular weight excluding hydrogens is 508 g/mol. The average molecular weight is 569 g/mol. The van der Waals surface area contributed by atoms with Crippen LogP contribution in [0.2, 0.25) is 0 Å². The van der Waals surface area contributed by atoms with Crippen LogP contribution in [0.5, 0.6) is 0 Å². The largest absolute Gasteiger partial charge is 0.377 e. The van der Waals surface area contributed by atoms with Crippen molar-refractivity contribution in [2.45, 2.75) is 77.2 Å². The molecule has 0 radical (unpaired) electrons. The van der Waals surface area contributed by atoms with Gasteiger partial charge in [0.25, 0.3) is 0 Å². The van der Waals surface area contributed by atoms with Gasteiger partial charge in [-0.15, -0.1) is 0 Å². The average Bonchev–Trinajstić information content (AvgIpc) is 2.97. The predicted octanol–water partition coefficient (Wildman–Crippen LogP) is 5.88. The summed E-state index contributed by atoms with van der Waals surface area (Å²) in [7, 11) is 8.81. The molecule has 232 valence electrons. The Kier molecular flexibility index (Phi) is 23.2. The van der Waals surface area contributed by atoms with Crippen molar-refractivity contribution in [3.63, 3.8) is 0 Å². The van der Waals surface area contributed by atoms with E-state index in [1.807, 2.05) is 6.07 Å². The molecule has 0 fully saturated rings. The number of hydrogen-bond donors (Lipinski definition) is 0. The Morgan fingerprint density at radius 1 is 0.610 bits per heavy atom. The fraction of sp³-hybridized carbons (Fsp3) is 0.765. The molecule has 0 bridgehead atoms. The van der Waals surface area contributed by atoms with Crippen molar-refractivity contribution in [3.8, 4) is 12.1 Å². The number of nitriles is 2. The van der Waals surface area contributed by atoms with Gasteiger partial charge >= 0.3 is 0 Å². The summed E-state index contributed by atoms with van der Waals surface area (Å²) in [6.45, 7) is 10.0. The maximum absolute atomic E-state index is 8.78. The van der Waals surface area contributed by atoms with Gasteiger partial charge in [-0.05, 0) is 104 Å². The summed E-state index contributed by atoms with van der Waals surface area (Å²) < 4.78 is 5.87. The lowest BCUT2D eigenvalue weighted by atomic mass is 9.99. The van der Waals surface area contributed by atoms with Crippen LogP contribution in [0.3, 0.4) is 0 Å². The number of benzene rings is 1. The van der Waals surface area contributed by atoms with Crippen molar-refractivity contribution in [3.05, 3.63) is 35.9 Å². The highest BCUT2D eigenvalue weighted by molar-refractivity contribution is 5.13. The maximum atomic E-state index is 8.78. The van der Waals surface area contributed by atoms with Crippen molar-refractivity contribution in [1.82, 2.24) is 19.6 Å². The van der Waals surface area contributed by atoms with Gasteiger partial charge in [-0.3, -0.25) is 0 Å². The Labute approximate surface area is 253 Å². The Bertz CT molecular complexity index is 768. The van der Waals surface area contributed by atoms with Crippen LogP contribution in [0, 0.1) is 28.6 Å². The van der Waals surface area contributed by atoms with E-state index < -0.39 is 0 Å². The highest BCUT2D eigenvalue weighted by Gasteiger charge is 2.14. The number of ether oxygens (including phenoxy) is 1. The minimum atomic E-state index is 0.615. The second-order valence-electron chi connectivity index (χ2n) is 12.0. The van der Waals surface area contributed by atoms with E-state index in [0.717, 1.165) is 65.4 Å². The van der Waals surface area contributed by atoms with E-state index in [9.17, 15) is 0 Å². The SMILES string of the molecule is CN(CCC#N)CCCCN(C)CC(CCCCCCOCc1ccccc1)CN(C)CCCCN(C)CCC#N. The normalized spacial score (nSPS) is 11.7. The molecule has 1 rings (SSSR count). The van der Waals surface area contributed by atoms with Crippen molar-refractivity contribution in [2.24, 2.45) is 5.92 Å². The van der Waals surface area contributed by atoms with Crippen LogP contribution < -0.4 is 0 Å². The zero-order valence-electron chi connectivity index (χ0n) is 26.9. The van der Waals surface area contributed by atoms with Gasteiger partial charge in [0.2, 0.25) is 0 Å². The second-order valence-corrected chi connectivity index (χ2v) is 12.0. The Hall–Kier alpha value is -2.00. The number of unbranched alkanes of at least 4 members (excludes halogenated alkanes) is 5. The summed E-state index contributed by atoms with van der Waals surface area (Å²) in [6, 6.07) is 14.9. The molecule has 0 aromatic heterocycles. The fourth-order valence-electron chi connectivity index (χ4n) is 5.29. The van der Waals surface area contributed by atoms with E-state index in [1.54, 1.807) is 0 Å². The molecule has 7 nitrogen and oxygen atoms in total. The molecule has 0 heterocycles. The van der Waals surface area contributed by atoms with Crippen LogP contribution >= 0.6 is 0 Å². The lowest BCUT2D eigenvalue weighted by Crippen LogP contribution is -2.35. The monoisotopic (exact) mass is 568 g/mol. The molecule has 1 aromatic carbocycles. The molecule has 0 N–H and O–H groups in total. The summed E-state index contributed by atoms with van der Waals surface area (Å²) in [5, 5.41) is 17.6. The van der Waals surface area contributed by atoms with Gasteiger partial charge in [0.1, 0.15) is 0 Å². The Balaban J connectivity index is 2.34. The van der Waals surface area contributed by atoms with Crippen LogP contribution in [0.25, 0.3) is 0 Å². The van der Waals surface area contributed by atoms with Crippen LogP contribution in [-0.4, -0.2) is 107 Å². The van der Waals surface area contributed by atoms with Gasteiger partial charge < -0.3 is 24.3 Å². The van der Waals surface area contributed by atoms with E-state index in [0.29, 0.717) is 25.4 Å². The first-order valence-corrected chi connectivity index (χ1v) is 16.0. The van der Waals surface area contributed by atoms with Gasteiger partial charge in [-0.2, -0.15) is 10.5 Å². The third-order valence-electron chi connectivity index (χ3n) is 7.77. The molecular formula is C34H60N6O. The molecule has 7 heteroatoms. The smallest absolute Gasteiger partial charge is 0.0716 e. The van der Waals surface area contributed by atoms with Crippen molar-refractivity contribution < 1.29 is 4.74 Å². The van der Waals surface area contributed by atoms with Crippen LogP contribution in [-0.2, 0) is 11.3 Å². The third kappa shape index (κ3) is 22.3. The van der Waals surface area contributed by atoms with Gasteiger partial charge in [0.05, 0.1) is 18.7 Å². The van der Waals surface area contributed by atoms with Crippen molar-refractivity contribution in [2.75, 3.05) is 87.2 Å². The number of rotatable bonds is 27. The Morgan fingerprint density at radius 3 is 1.61 bits per heavy atom. The first kappa shape index (κ1) is 37.0. The van der Waals surface area contributed by atoms with E-state index in [2.05, 4.69) is 84.2 Å². The highest BCUT2D eigenvalue weighted by Crippen LogP contribution is 2.15. The number of hydrogen-bond acceptors (Lipinski definition) is 7. The van der Waals surface area contributed by atoms with Gasteiger partial charge in [0, 0.05) is 45.6 Å². The highest BCUT2D eigenvalue weighted by atomic mass is 16.5. The van der Waals surface area contributed by atoms with E-state index >= 15 is 0 Å². The zero-order chi connectivity index (χ0) is 30.0. The minimum absolute atomic E-state index is 0.615. The summed E-state index contributed by atoms with van der Waals surface area (Å²) in [4.78, 5) is 9.62. The summed E-state index contributed by atoms with van der Waals surface area (Å²) in [5.74, 6) is 0.691. The van der Waals surface area contributed by atoms with E-state index in [4.69, 9.17) is 15.3 Å². The molecule has 1 aromatic rings. The van der Waals surface area contributed by atoms with Gasteiger partial charge in [0.15, 0.2) is 0 Å². The summed E-state index contributed by atoms with van der Waals surface area (Å²) >= 11 is 0. The van der Waals surface area contributed by atoms with Gasteiger partial charge in [-0.25, -0.2) is 0 Å². The van der Waals surface area contributed by atoms with Gasteiger partial charge in [-0.1, -0.05) is 49.6 Å². The standard InChI is InChI=1S/C34H60N6O/c1-37(27-16-21-35)23-11-13-25-39(3)30-34(31-40(4)26-14-12-24-38(2)28-17-22-36)20-8-5-6-15-29-41-32-33-18-9-7-10-19-33/h7,9-10,18-19,34H,5-6,8,11-17,20,23-32H2,1-4H3. The molecule has 41 heavy (non-hydrogen) atoms. The molecule has 0 atom stereocenters. The molecule has 0 saturated heterocycles. The third-order valence-corrected chi connectivity index (χ3v) is 7.77. The lowest BCUT2D eigenvalue weighted by molar-refractivity contribution is 0.116. The zero-order valence-corrected chi connectivity index (χ0v) is 26.9. The van der Waals surface area contributed by atoms with Crippen LogP contribution in [0.15, 0.2) is 30.3 Å². The fourth-order valence-corrected chi connectivity index (χ4v) is 5.29. The van der Waals surface area contributed by atoms with Crippen molar-refractivity contribution in [1.29, 1.82) is 10.5 Å². The second kappa shape index (κ2) is 25.7. The maximum Gasteiger partial charge on any atom is 0.0716 e. The lowest BCUT2D eigenvalue weighted by Gasteiger charge is -2.28. The Morgan fingerprint density at radius 2 is 1.10 bits per heavy atom. The van der Waals surface area contributed by atoms with Crippen LogP contribution in [0.4, 0.5) is 0 Å². The minimum Gasteiger partial charge on any atom is -0.377 e. The molecule has 0 aliphatic rings. The first-order valence-electron chi connectivity index (χ1n) is 16.0. The van der Waals surface area contributed by atoms with Crippen LogP contribution in [0.1, 0.15) is 76.2 Å². The topological polar surface area (TPSA) is 69.8 Å². The molecule has 0 aliphatic carbocycles. The molecule has 0 spiro atoms. The summed E-state index contributed by atoms with van der Waals surface area (Å²) in [5.41, 5.74) is 1.25. The molecule has 0 aliphatic heterocycles. The van der Waals surface area contributed by atoms with Crippen molar-refractivity contribution >= 4 is 0 Å². The molecule has 0 saturated carbocycles. The summed E-state index contributed by atoms with van der Waals surface area (Å²) in [6.07, 6.45) is 12.3.